The highest BCUT2D eigenvalue weighted by Crippen LogP contribution is 2.34. The van der Waals surface area contributed by atoms with E-state index in [0.29, 0.717) is 11.9 Å². The third kappa shape index (κ3) is 1.57. The highest BCUT2D eigenvalue weighted by Gasteiger charge is 2.40. The van der Waals surface area contributed by atoms with Gasteiger partial charge in [0.15, 0.2) is 0 Å². The van der Waals surface area contributed by atoms with Crippen molar-refractivity contribution in [3.05, 3.63) is 0 Å². The largest absolute Gasteiger partial charge is 0.396 e. The van der Waals surface area contributed by atoms with Crippen LogP contribution < -0.4 is 0 Å². The molecular weight excluding hydrogens is 166 g/mol. The van der Waals surface area contributed by atoms with Crippen LogP contribution in [0.4, 0.5) is 0 Å². The van der Waals surface area contributed by atoms with E-state index in [-0.39, 0.29) is 12.5 Å². The van der Waals surface area contributed by atoms with Crippen molar-refractivity contribution >= 4 is 5.91 Å². The van der Waals surface area contributed by atoms with E-state index < -0.39 is 0 Å². The standard InChI is InChI=1S/C10H17NO2/c12-6-2-3-8-7-9-4-1-5-11(9)10(8)13/h8-9,12H,1-7H2. The molecule has 0 aromatic carbocycles. The Hall–Kier alpha value is -0.570. The van der Waals surface area contributed by atoms with E-state index in [9.17, 15) is 4.79 Å². The second-order valence-corrected chi connectivity index (χ2v) is 4.13. The molecule has 1 N–H and O–H groups in total. The van der Waals surface area contributed by atoms with Gasteiger partial charge in [-0.1, -0.05) is 0 Å². The van der Waals surface area contributed by atoms with Crippen LogP contribution in [0, 0.1) is 5.92 Å². The molecule has 0 aromatic heterocycles. The summed E-state index contributed by atoms with van der Waals surface area (Å²) < 4.78 is 0. The van der Waals surface area contributed by atoms with Crippen LogP contribution in [0.3, 0.4) is 0 Å². The van der Waals surface area contributed by atoms with Crippen LogP contribution in [0.2, 0.25) is 0 Å². The average molecular weight is 183 g/mol. The molecule has 2 saturated heterocycles. The van der Waals surface area contributed by atoms with Crippen molar-refractivity contribution in [1.29, 1.82) is 0 Å². The Bertz CT molecular complexity index is 205. The zero-order chi connectivity index (χ0) is 9.26. The van der Waals surface area contributed by atoms with Gasteiger partial charge in [0.05, 0.1) is 0 Å². The smallest absolute Gasteiger partial charge is 0.226 e. The summed E-state index contributed by atoms with van der Waals surface area (Å²) in [5.41, 5.74) is 0. The summed E-state index contributed by atoms with van der Waals surface area (Å²) in [6.45, 7) is 1.19. The number of rotatable bonds is 3. The number of aliphatic hydroxyl groups is 1. The van der Waals surface area contributed by atoms with Gasteiger partial charge in [-0.2, -0.15) is 0 Å². The third-order valence-electron chi connectivity index (χ3n) is 3.28. The van der Waals surface area contributed by atoms with Crippen LogP contribution in [0.15, 0.2) is 0 Å². The Morgan fingerprint density at radius 1 is 1.54 bits per heavy atom. The first kappa shape index (κ1) is 9.00. The fourth-order valence-corrected chi connectivity index (χ4v) is 2.61. The van der Waals surface area contributed by atoms with Crippen LogP contribution >= 0.6 is 0 Å². The molecule has 13 heavy (non-hydrogen) atoms. The molecule has 2 rings (SSSR count). The summed E-state index contributed by atoms with van der Waals surface area (Å²) >= 11 is 0. The van der Waals surface area contributed by atoms with Crippen molar-refractivity contribution in [1.82, 2.24) is 4.90 Å². The molecule has 0 aromatic rings. The molecule has 2 fully saturated rings. The molecule has 0 radical (unpaired) electrons. The number of amides is 1. The third-order valence-corrected chi connectivity index (χ3v) is 3.28. The Morgan fingerprint density at radius 2 is 2.38 bits per heavy atom. The van der Waals surface area contributed by atoms with Gasteiger partial charge in [-0.05, 0) is 32.1 Å². The molecule has 2 atom stereocenters. The van der Waals surface area contributed by atoms with Crippen LogP contribution in [0.1, 0.15) is 32.1 Å². The summed E-state index contributed by atoms with van der Waals surface area (Å²) in [6, 6.07) is 0.538. The molecule has 0 bridgehead atoms. The highest BCUT2D eigenvalue weighted by molar-refractivity contribution is 5.81. The number of nitrogens with zero attached hydrogens (tertiary/aromatic N) is 1. The van der Waals surface area contributed by atoms with E-state index in [4.69, 9.17) is 5.11 Å². The second kappa shape index (κ2) is 3.66. The van der Waals surface area contributed by atoms with Gasteiger partial charge in [-0.15, -0.1) is 0 Å². The molecule has 2 aliphatic heterocycles. The fourth-order valence-electron chi connectivity index (χ4n) is 2.61. The zero-order valence-electron chi connectivity index (χ0n) is 7.91. The van der Waals surface area contributed by atoms with Gasteiger partial charge < -0.3 is 10.0 Å². The maximum atomic E-state index is 11.7. The van der Waals surface area contributed by atoms with Gasteiger partial charge in [0, 0.05) is 25.1 Å². The lowest BCUT2D eigenvalue weighted by molar-refractivity contribution is -0.131. The van der Waals surface area contributed by atoms with Gasteiger partial charge in [0.25, 0.3) is 0 Å². The Kier molecular flexibility index (Phi) is 2.54. The first-order valence-electron chi connectivity index (χ1n) is 5.24. The number of carbonyl (C=O) groups excluding carboxylic acids is 1. The monoisotopic (exact) mass is 183 g/mol. The number of carbonyl (C=O) groups is 1. The van der Waals surface area contributed by atoms with Gasteiger partial charge in [-0.25, -0.2) is 0 Å². The normalized spacial score (nSPS) is 32.7. The molecule has 74 valence electrons. The summed E-state index contributed by atoms with van der Waals surface area (Å²) in [6.07, 6.45) is 5.07. The van der Waals surface area contributed by atoms with E-state index in [1.54, 1.807) is 0 Å². The molecule has 2 aliphatic rings. The number of aliphatic hydroxyl groups excluding tert-OH is 1. The predicted octanol–water partition coefficient (Wildman–Crippen LogP) is 0.770. The molecule has 3 nitrogen and oxygen atoms in total. The van der Waals surface area contributed by atoms with E-state index in [1.165, 1.54) is 12.8 Å². The molecular formula is C10H17NO2. The maximum Gasteiger partial charge on any atom is 0.226 e. The van der Waals surface area contributed by atoms with Crippen molar-refractivity contribution in [3.63, 3.8) is 0 Å². The van der Waals surface area contributed by atoms with E-state index in [1.807, 2.05) is 4.90 Å². The van der Waals surface area contributed by atoms with Crippen molar-refractivity contribution < 1.29 is 9.90 Å². The summed E-state index contributed by atoms with van der Waals surface area (Å²) in [7, 11) is 0. The second-order valence-electron chi connectivity index (χ2n) is 4.13. The molecule has 0 spiro atoms. The van der Waals surface area contributed by atoms with E-state index in [0.717, 1.165) is 25.8 Å². The minimum Gasteiger partial charge on any atom is -0.396 e. The van der Waals surface area contributed by atoms with Gasteiger partial charge in [0.2, 0.25) is 5.91 Å². The van der Waals surface area contributed by atoms with Gasteiger partial charge >= 0.3 is 0 Å². The number of hydrogen-bond acceptors (Lipinski definition) is 2. The van der Waals surface area contributed by atoms with E-state index in [2.05, 4.69) is 0 Å². The fraction of sp³-hybridized carbons (Fsp3) is 0.900. The maximum absolute atomic E-state index is 11.7. The Labute approximate surface area is 78.7 Å². The molecule has 3 heteroatoms. The van der Waals surface area contributed by atoms with Gasteiger partial charge in [0.1, 0.15) is 0 Å². The SMILES string of the molecule is O=C1C(CCCO)CC2CCCN12. The molecule has 1 amide bonds. The molecule has 0 aliphatic carbocycles. The van der Waals surface area contributed by atoms with Crippen molar-refractivity contribution in [2.75, 3.05) is 13.2 Å². The Balaban J connectivity index is 1.91. The molecule has 0 saturated carbocycles. The lowest BCUT2D eigenvalue weighted by atomic mass is 9.98. The molecule has 2 heterocycles. The quantitative estimate of drug-likeness (QED) is 0.702. The van der Waals surface area contributed by atoms with Crippen molar-refractivity contribution in [3.8, 4) is 0 Å². The topological polar surface area (TPSA) is 40.5 Å². The Morgan fingerprint density at radius 3 is 3.08 bits per heavy atom. The average Bonchev–Trinajstić information content (AvgIpc) is 2.67. The summed E-state index contributed by atoms with van der Waals surface area (Å²) in [5.74, 6) is 0.563. The summed E-state index contributed by atoms with van der Waals surface area (Å²) in [5, 5.41) is 8.69. The number of fused-ring (bicyclic) bond motifs is 1. The lowest BCUT2D eigenvalue weighted by Crippen LogP contribution is -2.28. The van der Waals surface area contributed by atoms with Crippen LogP contribution in [0.25, 0.3) is 0 Å². The van der Waals surface area contributed by atoms with Crippen molar-refractivity contribution in [2.45, 2.75) is 38.1 Å². The highest BCUT2D eigenvalue weighted by atomic mass is 16.3. The number of hydrogen-bond donors (Lipinski definition) is 1. The zero-order valence-corrected chi connectivity index (χ0v) is 7.91. The molecule has 2 unspecified atom stereocenters. The van der Waals surface area contributed by atoms with Crippen molar-refractivity contribution in [2.24, 2.45) is 5.92 Å². The predicted molar refractivity (Wildman–Crippen MR) is 49.2 cm³/mol. The minimum absolute atomic E-state index is 0.217. The van der Waals surface area contributed by atoms with E-state index >= 15 is 0 Å². The minimum atomic E-state index is 0.217. The summed E-state index contributed by atoms with van der Waals surface area (Å²) in [4.78, 5) is 13.8. The van der Waals surface area contributed by atoms with Crippen LogP contribution in [-0.2, 0) is 4.79 Å². The van der Waals surface area contributed by atoms with Gasteiger partial charge in [-0.3, -0.25) is 4.79 Å². The van der Waals surface area contributed by atoms with Crippen LogP contribution in [0.5, 0.6) is 0 Å². The first-order chi connectivity index (χ1) is 6.33. The lowest BCUT2D eigenvalue weighted by Gasteiger charge is -2.14. The first-order valence-corrected chi connectivity index (χ1v) is 5.24. The van der Waals surface area contributed by atoms with Crippen LogP contribution in [-0.4, -0.2) is 35.1 Å².